The first-order chi connectivity index (χ1) is 12.8. The molecule has 0 bridgehead atoms. The highest BCUT2D eigenvalue weighted by Gasteiger charge is 2.11. The van der Waals surface area contributed by atoms with Crippen molar-refractivity contribution >= 4 is 32.8 Å². The molecule has 0 aliphatic carbocycles. The summed E-state index contributed by atoms with van der Waals surface area (Å²) in [6.07, 6.45) is 3.28. The van der Waals surface area contributed by atoms with E-state index >= 15 is 0 Å². The molecule has 138 valence electrons. The first-order valence-electron chi connectivity index (χ1n) is 8.44. The molecule has 3 aromatic carbocycles. The predicted molar refractivity (Wildman–Crippen MR) is 107 cm³/mol. The van der Waals surface area contributed by atoms with Gasteiger partial charge < -0.3 is 5.32 Å². The molecular weight excluding hydrogens is 360 g/mol. The number of carbonyl (C=O) groups excluding carboxylic acids is 1. The number of amides is 1. The van der Waals surface area contributed by atoms with Gasteiger partial charge in [-0.25, -0.2) is 13.6 Å². The Morgan fingerprint density at radius 3 is 2.37 bits per heavy atom. The van der Waals surface area contributed by atoms with Crippen molar-refractivity contribution in [3.63, 3.8) is 0 Å². The van der Waals surface area contributed by atoms with Crippen molar-refractivity contribution in [2.24, 2.45) is 5.14 Å². The van der Waals surface area contributed by atoms with Gasteiger partial charge in [-0.3, -0.25) is 4.79 Å². The van der Waals surface area contributed by atoms with Crippen LogP contribution >= 0.6 is 0 Å². The molecule has 3 rings (SSSR count). The topological polar surface area (TPSA) is 89.3 Å². The Kier molecular flexibility index (Phi) is 5.39. The number of hydrogen-bond acceptors (Lipinski definition) is 3. The normalized spacial score (nSPS) is 13.0. The van der Waals surface area contributed by atoms with Gasteiger partial charge in [0.15, 0.2) is 0 Å². The SMILES string of the molecule is C[C@H](NC(=O)/C=C/c1cccc2ccccc12)c1ccc(S(N)(=O)=O)cc1. The monoisotopic (exact) mass is 380 g/mol. The van der Waals surface area contributed by atoms with Crippen molar-refractivity contribution in [3.8, 4) is 0 Å². The quantitative estimate of drug-likeness (QED) is 0.665. The highest BCUT2D eigenvalue weighted by molar-refractivity contribution is 7.89. The molecule has 0 heterocycles. The largest absolute Gasteiger partial charge is 0.346 e. The molecule has 0 unspecified atom stereocenters. The van der Waals surface area contributed by atoms with Gasteiger partial charge in [-0.2, -0.15) is 0 Å². The highest BCUT2D eigenvalue weighted by atomic mass is 32.2. The molecule has 27 heavy (non-hydrogen) atoms. The van der Waals surface area contributed by atoms with Crippen LogP contribution in [0.5, 0.6) is 0 Å². The number of sulfonamides is 1. The third-order valence-corrected chi connectivity index (χ3v) is 5.23. The molecule has 3 aromatic rings. The van der Waals surface area contributed by atoms with Gasteiger partial charge in [0.25, 0.3) is 0 Å². The van der Waals surface area contributed by atoms with E-state index in [2.05, 4.69) is 5.32 Å². The number of rotatable bonds is 5. The van der Waals surface area contributed by atoms with Crippen LogP contribution in [0.15, 0.2) is 77.7 Å². The van der Waals surface area contributed by atoms with Crippen LogP contribution in [0.1, 0.15) is 24.1 Å². The molecular formula is C21H20N2O3S. The van der Waals surface area contributed by atoms with Gasteiger partial charge in [-0.1, -0.05) is 54.6 Å². The molecule has 0 aliphatic heterocycles. The van der Waals surface area contributed by atoms with E-state index in [0.29, 0.717) is 0 Å². The lowest BCUT2D eigenvalue weighted by Gasteiger charge is -2.13. The van der Waals surface area contributed by atoms with Gasteiger partial charge in [0.2, 0.25) is 15.9 Å². The molecule has 5 nitrogen and oxygen atoms in total. The van der Waals surface area contributed by atoms with E-state index in [1.54, 1.807) is 18.2 Å². The summed E-state index contributed by atoms with van der Waals surface area (Å²) in [5, 5.41) is 10.2. The van der Waals surface area contributed by atoms with E-state index in [1.807, 2.05) is 49.4 Å². The van der Waals surface area contributed by atoms with Crippen LogP contribution in [0.4, 0.5) is 0 Å². The van der Waals surface area contributed by atoms with Gasteiger partial charge in [0.1, 0.15) is 0 Å². The smallest absolute Gasteiger partial charge is 0.244 e. The number of nitrogens with two attached hydrogens (primary N) is 1. The van der Waals surface area contributed by atoms with E-state index in [0.717, 1.165) is 21.9 Å². The van der Waals surface area contributed by atoms with Crippen molar-refractivity contribution in [1.29, 1.82) is 0 Å². The molecule has 6 heteroatoms. The van der Waals surface area contributed by atoms with Gasteiger partial charge in [0.05, 0.1) is 10.9 Å². The first kappa shape index (κ1) is 18.8. The molecule has 0 spiro atoms. The summed E-state index contributed by atoms with van der Waals surface area (Å²) in [6.45, 7) is 1.83. The standard InChI is InChI=1S/C21H20N2O3S/c1-15(16-9-12-19(13-10-16)27(22,25)26)23-21(24)14-11-18-7-4-6-17-5-2-3-8-20(17)18/h2-15H,1H3,(H,23,24)(H2,22,25,26)/b14-11+/t15-/m0/s1. The second kappa shape index (κ2) is 7.73. The van der Waals surface area contributed by atoms with E-state index < -0.39 is 10.0 Å². The Balaban J connectivity index is 1.70. The Morgan fingerprint density at radius 1 is 1.00 bits per heavy atom. The molecule has 1 amide bonds. The van der Waals surface area contributed by atoms with Crippen LogP contribution < -0.4 is 10.5 Å². The fraction of sp³-hybridized carbons (Fsp3) is 0.0952. The van der Waals surface area contributed by atoms with Gasteiger partial charge in [0, 0.05) is 6.08 Å². The average molecular weight is 380 g/mol. The number of primary sulfonamides is 1. The molecule has 0 radical (unpaired) electrons. The maximum atomic E-state index is 12.2. The van der Waals surface area contributed by atoms with Gasteiger partial charge in [-0.15, -0.1) is 0 Å². The minimum atomic E-state index is -3.72. The average Bonchev–Trinajstić information content (AvgIpc) is 2.65. The second-order valence-corrected chi connectivity index (χ2v) is 7.81. The van der Waals surface area contributed by atoms with Gasteiger partial charge in [-0.05, 0) is 47.0 Å². The maximum Gasteiger partial charge on any atom is 0.244 e. The molecule has 0 aromatic heterocycles. The maximum absolute atomic E-state index is 12.2. The number of fused-ring (bicyclic) bond motifs is 1. The lowest BCUT2D eigenvalue weighted by atomic mass is 10.0. The molecule has 0 saturated heterocycles. The third kappa shape index (κ3) is 4.61. The zero-order chi connectivity index (χ0) is 19.4. The van der Waals surface area contributed by atoms with Crippen LogP contribution in [0.3, 0.4) is 0 Å². The lowest BCUT2D eigenvalue weighted by molar-refractivity contribution is -0.117. The van der Waals surface area contributed by atoms with E-state index in [1.165, 1.54) is 18.2 Å². The Hall–Kier alpha value is -2.96. The molecule has 3 N–H and O–H groups in total. The van der Waals surface area contributed by atoms with Crippen molar-refractivity contribution < 1.29 is 13.2 Å². The van der Waals surface area contributed by atoms with Crippen LogP contribution in [-0.2, 0) is 14.8 Å². The van der Waals surface area contributed by atoms with Crippen molar-refractivity contribution in [3.05, 3.63) is 83.9 Å². The lowest BCUT2D eigenvalue weighted by Crippen LogP contribution is -2.24. The van der Waals surface area contributed by atoms with Crippen molar-refractivity contribution in [1.82, 2.24) is 5.32 Å². The summed E-state index contributed by atoms with van der Waals surface area (Å²) in [6, 6.07) is 19.8. The zero-order valence-corrected chi connectivity index (χ0v) is 15.6. The Labute approximate surface area is 158 Å². The predicted octanol–water partition coefficient (Wildman–Crippen LogP) is 3.38. The minimum Gasteiger partial charge on any atom is -0.346 e. The minimum absolute atomic E-state index is 0.0422. The molecule has 0 fully saturated rings. The van der Waals surface area contributed by atoms with Crippen LogP contribution in [0.25, 0.3) is 16.8 Å². The number of benzene rings is 3. The number of carbonyl (C=O) groups is 1. The van der Waals surface area contributed by atoms with E-state index in [4.69, 9.17) is 5.14 Å². The second-order valence-electron chi connectivity index (χ2n) is 6.25. The molecule has 1 atom stereocenters. The Morgan fingerprint density at radius 2 is 1.67 bits per heavy atom. The van der Waals surface area contributed by atoms with Crippen molar-refractivity contribution in [2.75, 3.05) is 0 Å². The number of hydrogen-bond donors (Lipinski definition) is 2. The zero-order valence-electron chi connectivity index (χ0n) is 14.8. The summed E-state index contributed by atoms with van der Waals surface area (Å²) in [5.41, 5.74) is 1.75. The summed E-state index contributed by atoms with van der Waals surface area (Å²) < 4.78 is 22.6. The summed E-state index contributed by atoms with van der Waals surface area (Å²) in [5.74, 6) is -0.231. The van der Waals surface area contributed by atoms with Gasteiger partial charge >= 0.3 is 0 Å². The fourth-order valence-electron chi connectivity index (χ4n) is 2.85. The molecule has 0 aliphatic rings. The summed E-state index contributed by atoms with van der Waals surface area (Å²) in [4.78, 5) is 12.3. The molecule has 0 saturated carbocycles. The summed E-state index contributed by atoms with van der Waals surface area (Å²) >= 11 is 0. The highest BCUT2D eigenvalue weighted by Crippen LogP contribution is 2.20. The van der Waals surface area contributed by atoms with Crippen LogP contribution in [0, 0.1) is 0 Å². The van der Waals surface area contributed by atoms with Crippen molar-refractivity contribution in [2.45, 2.75) is 17.9 Å². The third-order valence-electron chi connectivity index (χ3n) is 4.31. The van der Waals surface area contributed by atoms with Crippen LogP contribution in [0.2, 0.25) is 0 Å². The van der Waals surface area contributed by atoms with E-state index in [9.17, 15) is 13.2 Å². The number of nitrogens with one attached hydrogen (secondary N) is 1. The summed E-state index contributed by atoms with van der Waals surface area (Å²) in [7, 11) is -3.72. The first-order valence-corrected chi connectivity index (χ1v) is 9.98. The van der Waals surface area contributed by atoms with E-state index in [-0.39, 0.29) is 16.8 Å². The van der Waals surface area contributed by atoms with Crippen LogP contribution in [-0.4, -0.2) is 14.3 Å². The fourth-order valence-corrected chi connectivity index (χ4v) is 3.37. The Bertz CT molecular complexity index is 1100.